The Morgan fingerprint density at radius 1 is 1.52 bits per heavy atom. The van der Waals surface area contributed by atoms with E-state index in [4.69, 9.17) is 34.9 Å². The fourth-order valence-corrected chi connectivity index (χ4v) is 2.90. The van der Waals surface area contributed by atoms with Crippen LogP contribution in [0.2, 0.25) is 5.75 Å². The maximum atomic E-state index is 14.5. The lowest BCUT2D eigenvalue weighted by Gasteiger charge is -2.32. The number of anilines is 1. The number of benzene rings is 1. The molecule has 1 fully saturated rings. The second-order valence-corrected chi connectivity index (χ2v) is 6.36. The van der Waals surface area contributed by atoms with Crippen molar-refractivity contribution in [1.29, 1.82) is 5.26 Å². The molecule has 3 aromatic rings. The van der Waals surface area contributed by atoms with E-state index >= 15 is 0 Å². The van der Waals surface area contributed by atoms with Gasteiger partial charge < -0.3 is 5.31 Å². The number of nitrogens with one attached hydrogen (secondary N) is 1. The maximum Gasteiger partial charge on any atom is 0.162 e. The van der Waals surface area contributed by atoms with Crippen molar-refractivity contribution in [2.75, 3.05) is 18.3 Å². The van der Waals surface area contributed by atoms with E-state index in [9.17, 15) is 9.65 Å². The zero-order valence-electron chi connectivity index (χ0n) is 29.9. The van der Waals surface area contributed by atoms with E-state index in [0.29, 0.717) is 11.3 Å². The molecule has 0 unspecified atom stereocenters. The normalized spacial score (nSPS) is 34.0. The lowest BCUT2D eigenvalue weighted by atomic mass is 10.0. The van der Waals surface area contributed by atoms with Crippen molar-refractivity contribution in [3.8, 4) is 6.07 Å². The summed E-state index contributed by atoms with van der Waals surface area (Å²) in [6.07, 6.45) is -9.23. The minimum atomic E-state index is -4.19. The topological polar surface area (TPSA) is 64.8 Å². The summed E-state index contributed by atoms with van der Waals surface area (Å²) in [5, 5.41) is 8.44. The summed E-state index contributed by atoms with van der Waals surface area (Å²) >= 11 is 6.59. The van der Waals surface area contributed by atoms with Gasteiger partial charge in [0.05, 0.1) is 22.1 Å². The molecule has 0 spiro atoms. The fourth-order valence-electron chi connectivity index (χ4n) is 1.93. The van der Waals surface area contributed by atoms with E-state index in [1.165, 1.54) is 6.07 Å². The second-order valence-electron chi connectivity index (χ2n) is 4.76. The zero-order valence-corrected chi connectivity index (χ0v) is 14.5. The first-order valence-corrected chi connectivity index (χ1v) is 8.22. The first kappa shape index (κ1) is 6.96. The molecule has 3 heterocycles. The van der Waals surface area contributed by atoms with Crippen LogP contribution >= 0.6 is 22.9 Å². The third-order valence-corrected chi connectivity index (χ3v) is 4.14. The van der Waals surface area contributed by atoms with Crippen molar-refractivity contribution in [2.45, 2.75) is 25.3 Å². The van der Waals surface area contributed by atoms with Crippen molar-refractivity contribution >= 4 is 39.0 Å². The third kappa shape index (κ3) is 4.03. The second kappa shape index (κ2) is 7.77. The molecule has 0 saturated carbocycles. The number of hydrogen-bond donors (Lipinski definition) is 1. The highest BCUT2D eigenvalue weighted by Gasteiger charge is 2.21. The molecular weight excluding hydrogens is 385 g/mol. The fraction of sp³-hybridized carbons (Fsp3) is 0.316. The van der Waals surface area contributed by atoms with E-state index in [1.807, 2.05) is 0 Å². The van der Waals surface area contributed by atoms with Gasteiger partial charge in [-0.05, 0) is 36.4 Å². The van der Waals surface area contributed by atoms with Crippen molar-refractivity contribution < 1.29 is 27.7 Å². The van der Waals surface area contributed by atoms with Crippen LogP contribution in [0.1, 0.15) is 45.8 Å². The number of piperidine rings is 1. The highest BCUT2D eigenvalue weighted by atomic mass is 35.5. The molecule has 1 aliphatic rings. The van der Waals surface area contributed by atoms with Gasteiger partial charge in [-0.25, -0.2) is 14.4 Å². The van der Waals surface area contributed by atoms with Crippen LogP contribution in [0.4, 0.5) is 10.2 Å². The molecule has 1 aliphatic heterocycles. The lowest BCUT2D eigenvalue weighted by Crippen LogP contribution is -2.38. The van der Waals surface area contributed by atoms with Crippen molar-refractivity contribution in [3.63, 3.8) is 0 Å². The SMILES string of the molecule is [2H]c1nc(N([2H])C2([2H])C([2H])([2H])C([2H])([2H])N(C([2H])([2H])c3c([2H])c([2H])c(F)c(C#N)c3[2H])C([2H])([2H])C2([2H])[2H])c2c([2H])c(Cl)sc2n1. The number of aromatic nitrogens is 2. The molecule has 2 aromatic heterocycles. The van der Waals surface area contributed by atoms with Crippen LogP contribution in [0.3, 0.4) is 0 Å². The van der Waals surface area contributed by atoms with E-state index in [1.54, 1.807) is 0 Å². The predicted octanol–water partition coefficient (Wildman–Crippen LogP) is 4.43. The molecule has 8 heteroatoms. The van der Waals surface area contributed by atoms with Crippen molar-refractivity contribution in [3.05, 3.63) is 51.8 Å². The quantitative estimate of drug-likeness (QED) is 0.678. The number of rotatable bonds is 4. The summed E-state index contributed by atoms with van der Waals surface area (Å²) in [6, 6.07) is -7.76. The molecule has 0 aliphatic carbocycles. The number of thiophene rings is 1. The predicted molar refractivity (Wildman–Crippen MR) is 105 cm³/mol. The van der Waals surface area contributed by atoms with Gasteiger partial charge in [0, 0.05) is 39.2 Å². The third-order valence-electron chi connectivity index (χ3n) is 3.05. The minimum absolute atomic E-state index is 0.224. The van der Waals surface area contributed by atoms with Crippen LogP contribution in [-0.2, 0) is 6.50 Å². The van der Waals surface area contributed by atoms with Gasteiger partial charge in [-0.15, -0.1) is 11.3 Å². The van der Waals surface area contributed by atoms with Crippen LogP contribution in [0.5, 0.6) is 0 Å². The van der Waals surface area contributed by atoms with Gasteiger partial charge in [0.15, 0.2) is 1.41 Å². The average Bonchev–Trinajstić information content (AvgIpc) is 3.17. The number of hydrogen-bond acceptors (Lipinski definition) is 6. The monoisotopic (exact) mass is 418 g/mol. The lowest BCUT2D eigenvalue weighted by molar-refractivity contribution is 0.211. The minimum Gasteiger partial charge on any atom is -0.367 e. The Bertz CT molecular complexity index is 1730. The molecule has 0 atom stereocenters. The summed E-state index contributed by atoms with van der Waals surface area (Å²) in [7, 11) is 0. The van der Waals surface area contributed by atoms with Crippen LogP contribution in [0.15, 0.2) is 30.5 Å². The largest absolute Gasteiger partial charge is 0.367 e. The molecular formula is C19H17ClFN5S. The molecule has 5 nitrogen and oxygen atoms in total. The molecule has 27 heavy (non-hydrogen) atoms. The Balaban J connectivity index is 2.06. The highest BCUT2D eigenvalue weighted by Crippen LogP contribution is 2.32. The van der Waals surface area contributed by atoms with Gasteiger partial charge in [0.25, 0.3) is 0 Å². The van der Waals surface area contributed by atoms with Gasteiger partial charge in [-0.2, -0.15) is 5.26 Å². The van der Waals surface area contributed by atoms with Gasteiger partial charge in [0.1, 0.15) is 30.2 Å². The number of nitrogens with zero attached hydrogens (tertiary/aromatic N) is 4. The van der Waals surface area contributed by atoms with Crippen LogP contribution in [-0.4, -0.2) is 33.9 Å². The molecule has 0 amide bonds. The molecule has 138 valence electrons. The van der Waals surface area contributed by atoms with Gasteiger partial charge >= 0.3 is 0 Å². The van der Waals surface area contributed by atoms with Crippen LogP contribution in [0.25, 0.3) is 10.2 Å². The molecule has 1 saturated heterocycles. The Morgan fingerprint density at radius 3 is 3.11 bits per heavy atom. The number of fused-ring (bicyclic) bond motifs is 1. The van der Waals surface area contributed by atoms with Crippen LogP contribution in [0, 0.1) is 17.1 Å². The number of nitriles is 1. The Kier molecular flexibility index (Phi) is 2.00. The summed E-state index contributed by atoms with van der Waals surface area (Å²) in [6.45, 7) is -12.4. The molecule has 0 radical (unpaired) electrons. The van der Waals surface area contributed by atoms with Crippen molar-refractivity contribution in [2.24, 2.45) is 0 Å². The Hall–Kier alpha value is -2.27. The van der Waals surface area contributed by atoms with E-state index in [-0.39, 0.29) is 14.5 Å². The first-order valence-electron chi connectivity index (χ1n) is 15.5. The Labute approximate surface area is 189 Å². The van der Waals surface area contributed by atoms with E-state index in [2.05, 4.69) is 9.97 Å². The van der Waals surface area contributed by atoms with Gasteiger partial charge in [0.2, 0.25) is 0 Å². The summed E-state index contributed by atoms with van der Waals surface area (Å²) in [5.74, 6) is -2.70. The van der Waals surface area contributed by atoms with E-state index < -0.39 is 102 Å². The summed E-state index contributed by atoms with van der Waals surface area (Å²) in [4.78, 5) is 6.40. The van der Waals surface area contributed by atoms with Gasteiger partial charge in [-0.1, -0.05) is 17.6 Å². The molecule has 4 rings (SSSR count). The average molecular weight is 419 g/mol. The van der Waals surface area contributed by atoms with Gasteiger partial charge in [-0.3, -0.25) is 4.90 Å². The van der Waals surface area contributed by atoms with E-state index in [0.717, 1.165) is 0 Å². The molecule has 0 bridgehead atoms. The van der Waals surface area contributed by atoms with Crippen molar-refractivity contribution in [1.82, 2.24) is 14.9 Å². The maximum absolute atomic E-state index is 14.5. The number of halogens is 2. The summed E-state index contributed by atoms with van der Waals surface area (Å²) in [5.41, 5.74) is -2.75. The standard InChI is InChI=1S/C19H17ClFN5S/c20-17-8-15-18(23-11-24-19(15)27-17)25-14-3-5-26(6-4-14)10-12-1-2-16(21)13(7-12)9-22/h1-2,7-8,11,14H,3-6,10H2,(H,23,24,25)/i1D,2D,3D2,4D2,5D2,6D2,7D,8D,10D2,11D,14D/hD. The molecule has 1 aromatic carbocycles. The first-order chi connectivity index (χ1) is 19.8. The Morgan fingerprint density at radius 2 is 2.33 bits per heavy atom. The smallest absolute Gasteiger partial charge is 0.162 e. The van der Waals surface area contributed by atoms with Crippen LogP contribution < -0.4 is 5.31 Å². The number of likely N-dealkylation sites (tertiary alicyclic amines) is 1. The summed E-state index contributed by atoms with van der Waals surface area (Å²) < 4.78 is 158. The highest BCUT2D eigenvalue weighted by molar-refractivity contribution is 7.22. The zero-order chi connectivity index (χ0) is 33.9. The molecule has 1 N–H and O–H groups in total.